The first-order valence-electron chi connectivity index (χ1n) is 11.7. The summed E-state index contributed by atoms with van der Waals surface area (Å²) in [7, 11) is 7.54. The van der Waals surface area contributed by atoms with Crippen molar-refractivity contribution in [2.75, 3.05) is 26.4 Å². The standard InChI is InChI=1S/C22H46O4S4/c1-9-17-21(11-3,19(23-13-5)24-14-6)27-29-30-28-22(12-4,18-10-2)20(25-15-7)26-16-8/h19-20H,9-18H2,1-8H3. The van der Waals surface area contributed by atoms with E-state index in [2.05, 4.69) is 27.7 Å². The van der Waals surface area contributed by atoms with E-state index in [1.54, 1.807) is 0 Å². The SMILES string of the molecule is CCCC(CC)(SSSSC(CC)(CCC)C(OCC)OCC)C(OCC)OCC. The largest absolute Gasteiger partial charge is 0.351 e. The molecule has 4 nitrogen and oxygen atoms in total. The number of ether oxygens (including phenoxy) is 4. The maximum absolute atomic E-state index is 6.04. The van der Waals surface area contributed by atoms with E-state index in [9.17, 15) is 0 Å². The molecule has 0 N–H and O–H groups in total. The second-order valence-electron chi connectivity index (χ2n) is 7.12. The Kier molecular flexibility index (Phi) is 19.4. The van der Waals surface area contributed by atoms with E-state index in [4.69, 9.17) is 18.9 Å². The highest BCUT2D eigenvalue weighted by Crippen LogP contribution is 2.58. The minimum Gasteiger partial charge on any atom is -0.351 e. The van der Waals surface area contributed by atoms with Crippen molar-refractivity contribution in [1.82, 2.24) is 0 Å². The van der Waals surface area contributed by atoms with Crippen LogP contribution in [0.4, 0.5) is 0 Å². The molecule has 0 aliphatic carbocycles. The lowest BCUT2D eigenvalue weighted by atomic mass is 9.98. The van der Waals surface area contributed by atoms with Gasteiger partial charge in [-0.1, -0.05) is 62.1 Å². The van der Waals surface area contributed by atoms with Gasteiger partial charge in [0.2, 0.25) is 0 Å². The molecule has 0 heterocycles. The lowest BCUT2D eigenvalue weighted by Crippen LogP contribution is -2.42. The summed E-state index contributed by atoms with van der Waals surface area (Å²) in [4.78, 5) is 0. The molecule has 182 valence electrons. The van der Waals surface area contributed by atoms with Crippen LogP contribution in [0.1, 0.15) is 93.9 Å². The predicted octanol–water partition coefficient (Wildman–Crippen LogP) is 8.36. The van der Waals surface area contributed by atoms with Gasteiger partial charge in [0.15, 0.2) is 12.6 Å². The summed E-state index contributed by atoms with van der Waals surface area (Å²) < 4.78 is 24.1. The summed E-state index contributed by atoms with van der Waals surface area (Å²) in [5.41, 5.74) is 0. The van der Waals surface area contributed by atoms with E-state index in [1.165, 1.54) is 0 Å². The fraction of sp³-hybridized carbons (Fsp3) is 1.00. The van der Waals surface area contributed by atoms with Crippen LogP contribution in [0, 0.1) is 0 Å². The van der Waals surface area contributed by atoms with Crippen LogP contribution in [-0.2, 0) is 18.9 Å². The van der Waals surface area contributed by atoms with Crippen molar-refractivity contribution in [3.63, 3.8) is 0 Å². The van der Waals surface area contributed by atoms with Crippen molar-refractivity contribution in [2.24, 2.45) is 0 Å². The predicted molar refractivity (Wildman–Crippen MR) is 140 cm³/mol. The number of hydrogen-bond acceptors (Lipinski definition) is 8. The number of hydrogen-bond donors (Lipinski definition) is 0. The van der Waals surface area contributed by atoms with Crippen LogP contribution in [0.2, 0.25) is 0 Å². The third kappa shape index (κ3) is 10.0. The third-order valence-electron chi connectivity index (χ3n) is 5.10. The topological polar surface area (TPSA) is 36.9 Å². The Hall–Kier alpha value is 1.24. The van der Waals surface area contributed by atoms with Crippen LogP contribution in [0.25, 0.3) is 0 Å². The Morgan fingerprint density at radius 1 is 0.533 bits per heavy atom. The average molecular weight is 503 g/mol. The maximum Gasteiger partial charge on any atom is 0.172 e. The van der Waals surface area contributed by atoms with E-state index in [1.807, 2.05) is 68.9 Å². The molecule has 8 heteroatoms. The van der Waals surface area contributed by atoms with Crippen molar-refractivity contribution in [3.05, 3.63) is 0 Å². The molecule has 0 saturated carbocycles. The second kappa shape index (κ2) is 18.6. The summed E-state index contributed by atoms with van der Waals surface area (Å²) in [6, 6.07) is 0. The molecule has 0 aromatic rings. The van der Waals surface area contributed by atoms with Gasteiger partial charge in [-0.15, -0.1) is 0 Å². The summed E-state index contributed by atoms with van der Waals surface area (Å²) in [6.07, 6.45) is 6.06. The maximum atomic E-state index is 6.04. The molecule has 0 aliphatic heterocycles. The van der Waals surface area contributed by atoms with Gasteiger partial charge in [-0.05, 0) is 73.0 Å². The van der Waals surface area contributed by atoms with Crippen LogP contribution in [0.15, 0.2) is 0 Å². The zero-order chi connectivity index (χ0) is 22.9. The molecule has 0 spiro atoms. The van der Waals surface area contributed by atoms with Crippen molar-refractivity contribution in [3.8, 4) is 0 Å². The highest BCUT2D eigenvalue weighted by Gasteiger charge is 2.42. The first-order chi connectivity index (χ1) is 14.5. The minimum absolute atomic E-state index is 0.0438. The van der Waals surface area contributed by atoms with Crippen molar-refractivity contribution < 1.29 is 18.9 Å². The Morgan fingerprint density at radius 3 is 1.03 bits per heavy atom. The van der Waals surface area contributed by atoms with E-state index in [0.29, 0.717) is 26.4 Å². The lowest BCUT2D eigenvalue weighted by Gasteiger charge is -2.39. The summed E-state index contributed by atoms with van der Waals surface area (Å²) >= 11 is 0. The van der Waals surface area contributed by atoms with Crippen LogP contribution in [0.5, 0.6) is 0 Å². The average Bonchev–Trinajstić information content (AvgIpc) is 2.75. The van der Waals surface area contributed by atoms with Gasteiger partial charge in [0.05, 0.1) is 9.49 Å². The van der Waals surface area contributed by atoms with Crippen LogP contribution in [0.3, 0.4) is 0 Å². The van der Waals surface area contributed by atoms with E-state index in [-0.39, 0.29) is 22.1 Å². The summed E-state index contributed by atoms with van der Waals surface area (Å²) in [5.74, 6) is 0. The van der Waals surface area contributed by atoms with Gasteiger partial charge in [0.25, 0.3) is 0 Å². The van der Waals surface area contributed by atoms with Crippen LogP contribution >= 0.6 is 41.2 Å². The summed E-state index contributed by atoms with van der Waals surface area (Å²) in [5, 5.41) is 0. The highest BCUT2D eigenvalue weighted by molar-refractivity contribution is 9.26. The molecule has 2 atom stereocenters. The normalized spacial score (nSPS) is 16.2. The van der Waals surface area contributed by atoms with Gasteiger partial charge in [0, 0.05) is 26.4 Å². The third-order valence-corrected chi connectivity index (χ3v) is 13.1. The molecule has 2 unspecified atom stereocenters. The first kappa shape index (κ1) is 31.2. The Labute approximate surface area is 202 Å². The van der Waals surface area contributed by atoms with Crippen LogP contribution in [-0.4, -0.2) is 48.5 Å². The smallest absolute Gasteiger partial charge is 0.172 e. The quantitative estimate of drug-likeness (QED) is 0.0880. The van der Waals surface area contributed by atoms with Gasteiger partial charge in [-0.3, -0.25) is 0 Å². The molecule has 0 aromatic carbocycles. The Morgan fingerprint density at radius 2 is 0.833 bits per heavy atom. The molecule has 30 heavy (non-hydrogen) atoms. The van der Waals surface area contributed by atoms with Crippen molar-refractivity contribution in [2.45, 2.75) is 116 Å². The van der Waals surface area contributed by atoms with Gasteiger partial charge in [-0.25, -0.2) is 0 Å². The molecule has 0 fully saturated rings. The molecule has 0 aromatic heterocycles. The first-order valence-corrected chi connectivity index (χ1v) is 16.5. The van der Waals surface area contributed by atoms with Gasteiger partial charge in [-0.2, -0.15) is 0 Å². The molecule has 0 amide bonds. The lowest BCUT2D eigenvalue weighted by molar-refractivity contribution is -0.158. The molecule has 0 bridgehead atoms. The molecule has 0 aliphatic rings. The zero-order valence-corrected chi connectivity index (χ0v) is 23.8. The molecule has 0 radical (unpaired) electrons. The van der Waals surface area contributed by atoms with Crippen molar-refractivity contribution >= 4 is 41.2 Å². The Bertz CT molecular complexity index is 357. The molecular weight excluding hydrogens is 457 g/mol. The highest BCUT2D eigenvalue weighted by atomic mass is 33.7. The van der Waals surface area contributed by atoms with Crippen LogP contribution < -0.4 is 0 Å². The second-order valence-corrected chi connectivity index (χ2v) is 13.6. The van der Waals surface area contributed by atoms with E-state index in [0.717, 1.165) is 38.5 Å². The van der Waals surface area contributed by atoms with Crippen molar-refractivity contribution in [1.29, 1.82) is 0 Å². The molecule has 0 saturated heterocycles. The number of rotatable bonds is 21. The molecule has 0 rings (SSSR count). The fourth-order valence-corrected chi connectivity index (χ4v) is 12.2. The van der Waals surface area contributed by atoms with E-state index < -0.39 is 0 Å². The van der Waals surface area contributed by atoms with Gasteiger partial charge in [0.1, 0.15) is 0 Å². The summed E-state index contributed by atoms with van der Waals surface area (Å²) in [6.45, 7) is 19.8. The van der Waals surface area contributed by atoms with Gasteiger partial charge >= 0.3 is 0 Å². The zero-order valence-electron chi connectivity index (χ0n) is 20.5. The Balaban J connectivity index is 5.27. The van der Waals surface area contributed by atoms with Gasteiger partial charge < -0.3 is 18.9 Å². The molecular formula is C22H46O4S4. The minimum atomic E-state index is -0.174. The monoisotopic (exact) mass is 502 g/mol. The van der Waals surface area contributed by atoms with E-state index >= 15 is 0 Å². The fourth-order valence-electron chi connectivity index (χ4n) is 3.52.